The zero-order chi connectivity index (χ0) is 15.0. The van der Waals surface area contributed by atoms with Gasteiger partial charge in [0.05, 0.1) is 12.1 Å². The number of phenols is 1. The lowest BCUT2D eigenvalue weighted by atomic mass is 9.93. The van der Waals surface area contributed by atoms with Gasteiger partial charge >= 0.3 is 0 Å². The lowest BCUT2D eigenvalue weighted by molar-refractivity contribution is 0.161. The smallest absolute Gasteiger partial charge is 0.134 e. The number of hydrogen-bond acceptors (Lipinski definition) is 4. The molecule has 0 aliphatic carbocycles. The number of fused-ring (bicyclic) bond motifs is 1. The van der Waals surface area contributed by atoms with Crippen LogP contribution in [0.1, 0.15) is 29.7 Å². The Morgan fingerprint density at radius 2 is 2.10 bits per heavy atom. The van der Waals surface area contributed by atoms with Crippen LogP contribution in [-0.4, -0.2) is 12.2 Å². The molecule has 0 amide bonds. The molecule has 1 aliphatic rings. The molecule has 0 bridgehead atoms. The Kier molecular flexibility index (Phi) is 3.66. The van der Waals surface area contributed by atoms with Crippen molar-refractivity contribution in [3.8, 4) is 17.2 Å². The molecule has 1 heterocycles. The van der Waals surface area contributed by atoms with E-state index >= 15 is 0 Å². The molecule has 5 heteroatoms. The summed E-state index contributed by atoms with van der Waals surface area (Å²) in [4.78, 5) is 0. The number of phenolic OH excluding ortho intramolecular Hbond substituents is 1. The van der Waals surface area contributed by atoms with E-state index in [1.807, 2.05) is 18.2 Å². The molecule has 2 aromatic rings. The molecule has 3 N–H and O–H groups in total. The normalized spacial score (nSPS) is 20.5. The van der Waals surface area contributed by atoms with Crippen molar-refractivity contribution in [2.45, 2.75) is 18.6 Å². The van der Waals surface area contributed by atoms with Crippen LogP contribution in [0.5, 0.6) is 17.2 Å². The fourth-order valence-electron chi connectivity index (χ4n) is 2.54. The van der Waals surface area contributed by atoms with Gasteiger partial charge in [0.2, 0.25) is 0 Å². The molecule has 0 radical (unpaired) electrons. The number of methoxy groups -OCH3 is 1. The molecule has 2 atom stereocenters. The van der Waals surface area contributed by atoms with Gasteiger partial charge in [0.25, 0.3) is 0 Å². The third-order valence-electron chi connectivity index (χ3n) is 3.70. The van der Waals surface area contributed by atoms with E-state index in [0.717, 1.165) is 22.6 Å². The zero-order valence-corrected chi connectivity index (χ0v) is 12.3. The van der Waals surface area contributed by atoms with E-state index in [9.17, 15) is 5.11 Å². The van der Waals surface area contributed by atoms with E-state index in [-0.39, 0.29) is 17.9 Å². The van der Waals surface area contributed by atoms with E-state index in [2.05, 4.69) is 0 Å². The lowest BCUT2D eigenvalue weighted by Crippen LogP contribution is -2.24. The van der Waals surface area contributed by atoms with Crippen molar-refractivity contribution < 1.29 is 14.6 Å². The number of halogens is 1. The van der Waals surface area contributed by atoms with Crippen LogP contribution in [0.25, 0.3) is 0 Å². The summed E-state index contributed by atoms with van der Waals surface area (Å²) < 4.78 is 11.2. The van der Waals surface area contributed by atoms with Gasteiger partial charge in [-0.1, -0.05) is 17.7 Å². The lowest BCUT2D eigenvalue weighted by Gasteiger charge is -2.31. The summed E-state index contributed by atoms with van der Waals surface area (Å²) in [6.45, 7) is 0. The first kappa shape index (κ1) is 14.0. The molecule has 0 spiro atoms. The summed E-state index contributed by atoms with van der Waals surface area (Å²) in [5, 5.41) is 9.81. The largest absolute Gasteiger partial charge is 0.506 e. The maximum absolute atomic E-state index is 9.50. The highest BCUT2D eigenvalue weighted by Crippen LogP contribution is 2.42. The minimum absolute atomic E-state index is 0.0608. The highest BCUT2D eigenvalue weighted by Gasteiger charge is 2.27. The van der Waals surface area contributed by atoms with Crippen molar-refractivity contribution in [2.24, 2.45) is 5.73 Å². The van der Waals surface area contributed by atoms with Crippen LogP contribution in [0.4, 0.5) is 0 Å². The van der Waals surface area contributed by atoms with Gasteiger partial charge in [-0.2, -0.15) is 0 Å². The average molecular weight is 306 g/mol. The molecular formula is C16H16ClNO3. The molecular weight excluding hydrogens is 290 g/mol. The van der Waals surface area contributed by atoms with Gasteiger partial charge in [0, 0.05) is 18.0 Å². The second-order valence-electron chi connectivity index (χ2n) is 5.06. The first-order valence-corrected chi connectivity index (χ1v) is 7.05. The molecule has 4 nitrogen and oxygen atoms in total. The zero-order valence-electron chi connectivity index (χ0n) is 11.5. The van der Waals surface area contributed by atoms with Crippen molar-refractivity contribution in [3.05, 3.63) is 52.5 Å². The van der Waals surface area contributed by atoms with Gasteiger partial charge in [-0.15, -0.1) is 0 Å². The van der Waals surface area contributed by atoms with Crippen molar-refractivity contribution in [1.82, 2.24) is 0 Å². The number of nitrogens with two attached hydrogens (primary N) is 1. The second kappa shape index (κ2) is 5.47. The average Bonchev–Trinajstić information content (AvgIpc) is 2.49. The Hall–Kier alpha value is -1.91. The molecule has 0 saturated heterocycles. The van der Waals surface area contributed by atoms with Crippen LogP contribution in [0.3, 0.4) is 0 Å². The van der Waals surface area contributed by atoms with Crippen LogP contribution >= 0.6 is 11.6 Å². The highest BCUT2D eigenvalue weighted by atomic mass is 35.5. The van der Waals surface area contributed by atoms with Gasteiger partial charge in [-0.3, -0.25) is 0 Å². The van der Waals surface area contributed by atoms with Gasteiger partial charge in [-0.25, -0.2) is 0 Å². The maximum Gasteiger partial charge on any atom is 0.134 e. The molecule has 0 saturated carbocycles. The molecule has 110 valence electrons. The summed E-state index contributed by atoms with van der Waals surface area (Å²) in [5.74, 6) is 1.58. The van der Waals surface area contributed by atoms with Gasteiger partial charge in [0.15, 0.2) is 0 Å². The third kappa shape index (κ3) is 2.64. The fraction of sp³-hybridized carbons (Fsp3) is 0.250. The Morgan fingerprint density at radius 1 is 1.29 bits per heavy atom. The van der Waals surface area contributed by atoms with Crippen molar-refractivity contribution in [2.75, 3.05) is 7.11 Å². The van der Waals surface area contributed by atoms with Gasteiger partial charge in [0.1, 0.15) is 23.4 Å². The van der Waals surface area contributed by atoms with Crippen LogP contribution in [0, 0.1) is 0 Å². The van der Waals surface area contributed by atoms with Crippen molar-refractivity contribution in [3.63, 3.8) is 0 Å². The fourth-order valence-corrected chi connectivity index (χ4v) is 2.73. The number of aromatic hydroxyl groups is 1. The first-order valence-electron chi connectivity index (χ1n) is 6.67. The molecule has 2 aromatic carbocycles. The summed E-state index contributed by atoms with van der Waals surface area (Å²) in [7, 11) is 1.62. The SMILES string of the molecule is COc1ccc2c(c1)[C@@H](N)CC(c1ccc(O)c(Cl)c1)O2. The predicted octanol–water partition coefficient (Wildman–Crippen LogP) is 3.58. The van der Waals surface area contributed by atoms with Gasteiger partial charge in [-0.05, 0) is 35.9 Å². The Balaban J connectivity index is 1.92. The Labute approximate surface area is 128 Å². The molecule has 0 fully saturated rings. The summed E-state index contributed by atoms with van der Waals surface area (Å²) in [6, 6.07) is 10.5. The first-order chi connectivity index (χ1) is 10.1. The summed E-state index contributed by atoms with van der Waals surface area (Å²) in [6.07, 6.45) is 0.459. The number of rotatable bonds is 2. The highest BCUT2D eigenvalue weighted by molar-refractivity contribution is 6.32. The topological polar surface area (TPSA) is 64.7 Å². The van der Waals surface area contributed by atoms with Crippen LogP contribution in [0.2, 0.25) is 5.02 Å². The van der Waals surface area contributed by atoms with E-state index in [1.165, 1.54) is 0 Å². The van der Waals surface area contributed by atoms with E-state index < -0.39 is 0 Å². The molecule has 21 heavy (non-hydrogen) atoms. The number of benzene rings is 2. The predicted molar refractivity (Wildman–Crippen MR) is 81.0 cm³/mol. The number of ether oxygens (including phenoxy) is 2. The molecule has 1 unspecified atom stereocenters. The summed E-state index contributed by atoms with van der Waals surface area (Å²) in [5.41, 5.74) is 8.09. The van der Waals surface area contributed by atoms with Crippen molar-refractivity contribution in [1.29, 1.82) is 0 Å². The molecule has 1 aliphatic heterocycles. The number of hydrogen-bond donors (Lipinski definition) is 2. The quantitative estimate of drug-likeness (QED) is 0.890. The van der Waals surface area contributed by atoms with Crippen LogP contribution in [-0.2, 0) is 0 Å². The third-order valence-corrected chi connectivity index (χ3v) is 4.00. The maximum atomic E-state index is 9.50. The molecule has 0 aromatic heterocycles. The Bertz CT molecular complexity index is 675. The minimum Gasteiger partial charge on any atom is -0.506 e. The van der Waals surface area contributed by atoms with E-state index in [1.54, 1.807) is 25.3 Å². The van der Waals surface area contributed by atoms with Crippen molar-refractivity contribution >= 4 is 11.6 Å². The van der Waals surface area contributed by atoms with Crippen LogP contribution in [0.15, 0.2) is 36.4 Å². The van der Waals surface area contributed by atoms with E-state index in [0.29, 0.717) is 11.4 Å². The standard InChI is InChI=1S/C16H16ClNO3/c1-20-10-3-5-15-11(7-10)13(18)8-16(21-15)9-2-4-14(19)12(17)6-9/h2-7,13,16,19H,8,18H2,1H3/t13-,16?/m0/s1. The molecule has 3 rings (SSSR count). The van der Waals surface area contributed by atoms with Crippen LogP contribution < -0.4 is 15.2 Å². The minimum atomic E-state index is -0.181. The Morgan fingerprint density at radius 3 is 2.81 bits per heavy atom. The van der Waals surface area contributed by atoms with Gasteiger partial charge < -0.3 is 20.3 Å². The summed E-state index contributed by atoms with van der Waals surface area (Å²) >= 11 is 5.96. The second-order valence-corrected chi connectivity index (χ2v) is 5.47. The van der Waals surface area contributed by atoms with E-state index in [4.69, 9.17) is 26.8 Å². The monoisotopic (exact) mass is 305 g/mol.